The molecule has 0 N–H and O–H groups in total. The highest BCUT2D eigenvalue weighted by atomic mass is 16.3. The predicted molar refractivity (Wildman–Crippen MR) is 66.4 cm³/mol. The third kappa shape index (κ3) is 2.52. The molecule has 2 rings (SSSR count). The largest absolute Gasteiger partial charge is 0.339 e. The van der Waals surface area contributed by atoms with Crippen LogP contribution < -0.4 is 0 Å². The lowest BCUT2D eigenvalue weighted by Gasteiger charge is -2.27. The van der Waals surface area contributed by atoms with Crippen molar-refractivity contribution in [2.24, 2.45) is 5.18 Å². The van der Waals surface area contributed by atoms with Gasteiger partial charge in [0.1, 0.15) is 5.69 Å². The Kier molecular flexibility index (Phi) is 3.52. The van der Waals surface area contributed by atoms with Gasteiger partial charge in [0.2, 0.25) is 0 Å². The first-order valence-corrected chi connectivity index (χ1v) is 5.95. The van der Waals surface area contributed by atoms with E-state index in [4.69, 9.17) is 0 Å². The number of benzene rings is 1. The molecule has 90 valence electrons. The number of hydrogen-bond donors (Lipinski definition) is 0. The zero-order valence-corrected chi connectivity index (χ0v) is 9.98. The summed E-state index contributed by atoms with van der Waals surface area (Å²) < 4.78 is 0. The number of likely N-dealkylation sites (tertiary alicyclic amines) is 1. The number of carbonyl (C=O) groups excluding carboxylic acids is 1. The van der Waals surface area contributed by atoms with Crippen molar-refractivity contribution in [3.05, 3.63) is 34.2 Å². The van der Waals surface area contributed by atoms with Crippen molar-refractivity contribution in [3.8, 4) is 0 Å². The van der Waals surface area contributed by atoms with Gasteiger partial charge in [0.05, 0.1) is 0 Å². The van der Waals surface area contributed by atoms with E-state index in [-0.39, 0.29) is 5.91 Å². The Morgan fingerprint density at radius 2 is 1.94 bits per heavy atom. The number of nitroso groups, excluding NO2 is 1. The first kappa shape index (κ1) is 11.8. The highest BCUT2D eigenvalue weighted by Gasteiger charge is 2.19. The van der Waals surface area contributed by atoms with E-state index in [1.165, 1.54) is 6.42 Å². The Morgan fingerprint density at radius 1 is 1.24 bits per heavy atom. The van der Waals surface area contributed by atoms with Crippen molar-refractivity contribution in [3.63, 3.8) is 0 Å². The Hall–Kier alpha value is -1.71. The Labute approximate surface area is 101 Å². The maximum Gasteiger partial charge on any atom is 0.254 e. The molecule has 1 heterocycles. The predicted octanol–water partition coefficient (Wildman–Crippen LogP) is 3.02. The molecule has 1 aromatic carbocycles. The summed E-state index contributed by atoms with van der Waals surface area (Å²) in [6, 6.07) is 4.99. The van der Waals surface area contributed by atoms with E-state index in [0.717, 1.165) is 31.5 Å². The minimum atomic E-state index is 0.0210. The van der Waals surface area contributed by atoms with Crippen LogP contribution in [0.5, 0.6) is 0 Å². The van der Waals surface area contributed by atoms with E-state index in [1.807, 2.05) is 11.8 Å². The minimum Gasteiger partial charge on any atom is -0.339 e. The lowest BCUT2D eigenvalue weighted by atomic mass is 10.0. The van der Waals surface area contributed by atoms with E-state index >= 15 is 0 Å². The monoisotopic (exact) mass is 232 g/mol. The van der Waals surface area contributed by atoms with Gasteiger partial charge in [-0.1, -0.05) is 6.07 Å². The lowest BCUT2D eigenvalue weighted by molar-refractivity contribution is 0.0723. The van der Waals surface area contributed by atoms with Gasteiger partial charge in [0.25, 0.3) is 5.91 Å². The summed E-state index contributed by atoms with van der Waals surface area (Å²) in [5.74, 6) is 0.0210. The zero-order chi connectivity index (χ0) is 12.3. The van der Waals surface area contributed by atoms with Crippen LogP contribution in [0.2, 0.25) is 0 Å². The van der Waals surface area contributed by atoms with Gasteiger partial charge in [0.15, 0.2) is 0 Å². The van der Waals surface area contributed by atoms with Crippen LogP contribution in [-0.2, 0) is 0 Å². The third-order valence-electron chi connectivity index (χ3n) is 3.20. The van der Waals surface area contributed by atoms with Gasteiger partial charge in [-0.25, -0.2) is 0 Å². The van der Waals surface area contributed by atoms with Gasteiger partial charge in [0, 0.05) is 18.7 Å². The molecule has 0 bridgehead atoms. The fourth-order valence-electron chi connectivity index (χ4n) is 2.16. The molecule has 4 heteroatoms. The summed E-state index contributed by atoms with van der Waals surface area (Å²) in [5.41, 5.74) is 1.81. The van der Waals surface area contributed by atoms with Crippen LogP contribution in [0.25, 0.3) is 0 Å². The molecule has 1 aliphatic rings. The normalized spacial score (nSPS) is 15.7. The number of nitrogens with zero attached hydrogens (tertiary/aromatic N) is 2. The summed E-state index contributed by atoms with van der Waals surface area (Å²) in [6.07, 6.45) is 3.32. The molecule has 0 unspecified atom stereocenters. The molecule has 0 atom stereocenters. The number of aryl methyl sites for hydroxylation is 1. The van der Waals surface area contributed by atoms with E-state index in [0.29, 0.717) is 11.3 Å². The number of rotatable bonds is 2. The summed E-state index contributed by atoms with van der Waals surface area (Å²) in [6.45, 7) is 3.51. The highest BCUT2D eigenvalue weighted by Crippen LogP contribution is 2.21. The van der Waals surface area contributed by atoms with Crippen LogP contribution in [0, 0.1) is 11.8 Å². The second-order valence-electron chi connectivity index (χ2n) is 4.44. The van der Waals surface area contributed by atoms with Crippen molar-refractivity contribution in [1.82, 2.24) is 4.90 Å². The lowest BCUT2D eigenvalue weighted by Crippen LogP contribution is -2.35. The van der Waals surface area contributed by atoms with Crippen LogP contribution >= 0.6 is 0 Å². The maximum absolute atomic E-state index is 12.3. The number of carbonyl (C=O) groups is 1. The molecule has 0 aliphatic carbocycles. The minimum absolute atomic E-state index is 0.0210. The molecule has 4 nitrogen and oxygen atoms in total. The molecule has 0 radical (unpaired) electrons. The molecule has 0 spiro atoms. The van der Waals surface area contributed by atoms with Gasteiger partial charge in [-0.15, -0.1) is 4.91 Å². The van der Waals surface area contributed by atoms with Crippen LogP contribution in [0.4, 0.5) is 5.69 Å². The summed E-state index contributed by atoms with van der Waals surface area (Å²) >= 11 is 0. The summed E-state index contributed by atoms with van der Waals surface area (Å²) in [7, 11) is 0. The quantitative estimate of drug-likeness (QED) is 0.736. The van der Waals surface area contributed by atoms with Crippen molar-refractivity contribution >= 4 is 11.6 Å². The maximum atomic E-state index is 12.3. The van der Waals surface area contributed by atoms with Gasteiger partial charge in [-0.05, 0) is 49.1 Å². The topological polar surface area (TPSA) is 49.7 Å². The van der Waals surface area contributed by atoms with Gasteiger partial charge < -0.3 is 4.90 Å². The second-order valence-corrected chi connectivity index (χ2v) is 4.44. The SMILES string of the molecule is Cc1ccc(N=O)cc1C(=O)N1CCCCC1. The third-order valence-corrected chi connectivity index (χ3v) is 3.20. The fourth-order valence-corrected chi connectivity index (χ4v) is 2.16. The van der Waals surface area contributed by atoms with Crippen LogP contribution in [0.3, 0.4) is 0 Å². The van der Waals surface area contributed by atoms with Crippen molar-refractivity contribution in [2.45, 2.75) is 26.2 Å². The van der Waals surface area contributed by atoms with E-state index in [2.05, 4.69) is 5.18 Å². The molecule has 1 saturated heterocycles. The Bertz CT molecular complexity index is 437. The highest BCUT2D eigenvalue weighted by molar-refractivity contribution is 5.96. The van der Waals surface area contributed by atoms with Crippen molar-refractivity contribution < 1.29 is 4.79 Å². The molecule has 0 aromatic heterocycles. The molecule has 1 fully saturated rings. The molecule has 0 saturated carbocycles. The van der Waals surface area contributed by atoms with Crippen LogP contribution in [-0.4, -0.2) is 23.9 Å². The van der Waals surface area contributed by atoms with Crippen molar-refractivity contribution in [2.75, 3.05) is 13.1 Å². The summed E-state index contributed by atoms with van der Waals surface area (Å²) in [4.78, 5) is 24.6. The number of amides is 1. The Morgan fingerprint density at radius 3 is 2.59 bits per heavy atom. The molecule has 17 heavy (non-hydrogen) atoms. The van der Waals surface area contributed by atoms with Crippen molar-refractivity contribution in [1.29, 1.82) is 0 Å². The summed E-state index contributed by atoms with van der Waals surface area (Å²) in [5, 5.41) is 2.88. The molecule has 1 aromatic rings. The van der Waals surface area contributed by atoms with Gasteiger partial charge >= 0.3 is 0 Å². The second kappa shape index (κ2) is 5.08. The standard InChI is InChI=1S/C13H16N2O2/c1-10-5-6-11(14-17)9-12(10)13(16)15-7-3-2-4-8-15/h5-6,9H,2-4,7-8H2,1H3. The molecule has 1 aliphatic heterocycles. The molecule has 1 amide bonds. The smallest absolute Gasteiger partial charge is 0.254 e. The van der Waals surface area contributed by atoms with Gasteiger partial charge in [-0.3, -0.25) is 4.79 Å². The Balaban J connectivity index is 2.25. The molecular formula is C13H16N2O2. The van der Waals surface area contributed by atoms with Gasteiger partial charge in [-0.2, -0.15) is 0 Å². The first-order valence-electron chi connectivity index (χ1n) is 5.95. The fraction of sp³-hybridized carbons (Fsp3) is 0.462. The average molecular weight is 232 g/mol. The molecular weight excluding hydrogens is 216 g/mol. The number of piperidine rings is 1. The zero-order valence-electron chi connectivity index (χ0n) is 9.98. The van der Waals surface area contributed by atoms with E-state index in [9.17, 15) is 9.70 Å². The number of hydrogen-bond acceptors (Lipinski definition) is 3. The van der Waals surface area contributed by atoms with Crippen LogP contribution in [0.1, 0.15) is 35.2 Å². The van der Waals surface area contributed by atoms with E-state index in [1.54, 1.807) is 18.2 Å². The van der Waals surface area contributed by atoms with Crippen LogP contribution in [0.15, 0.2) is 23.4 Å². The first-order chi connectivity index (χ1) is 8.22. The van der Waals surface area contributed by atoms with E-state index < -0.39 is 0 Å². The average Bonchev–Trinajstić information content (AvgIpc) is 2.39.